The van der Waals surface area contributed by atoms with Crippen molar-refractivity contribution in [3.63, 3.8) is 0 Å². The Labute approximate surface area is 228 Å². The van der Waals surface area contributed by atoms with Crippen molar-refractivity contribution in [2.24, 2.45) is 0 Å². The SMILES string of the molecule is C=C(C)C(=O)O.CC(O)c1ccccc1Oc1cccc2c1C(Oc1ccccc1C(C)O)c1ccccc1-2. The van der Waals surface area contributed by atoms with Gasteiger partial charge in [0.2, 0.25) is 0 Å². The van der Waals surface area contributed by atoms with Gasteiger partial charge in [0.1, 0.15) is 17.2 Å². The van der Waals surface area contributed by atoms with Crippen molar-refractivity contribution >= 4 is 5.97 Å². The van der Waals surface area contributed by atoms with Gasteiger partial charge in [-0.25, -0.2) is 4.79 Å². The third-order valence-corrected chi connectivity index (χ3v) is 6.43. The molecule has 4 aromatic carbocycles. The molecule has 0 saturated carbocycles. The summed E-state index contributed by atoms with van der Waals surface area (Å²) in [6, 6.07) is 29.2. The molecule has 0 amide bonds. The molecule has 0 aliphatic heterocycles. The third kappa shape index (κ3) is 6.03. The Hall–Kier alpha value is -4.39. The number of ether oxygens (including phenoxy) is 2. The van der Waals surface area contributed by atoms with E-state index >= 15 is 0 Å². The second-order valence-electron chi connectivity index (χ2n) is 9.42. The number of rotatable bonds is 7. The first kappa shape index (κ1) is 27.6. The van der Waals surface area contributed by atoms with E-state index < -0.39 is 24.3 Å². The van der Waals surface area contributed by atoms with Crippen molar-refractivity contribution in [3.8, 4) is 28.4 Å². The molecule has 0 radical (unpaired) electrons. The van der Waals surface area contributed by atoms with Crippen LogP contribution in [0.2, 0.25) is 0 Å². The summed E-state index contributed by atoms with van der Waals surface area (Å²) in [5, 5.41) is 28.4. The van der Waals surface area contributed by atoms with Crippen LogP contribution < -0.4 is 9.47 Å². The largest absolute Gasteiger partial charge is 0.480 e. The number of aliphatic hydroxyl groups is 2. The molecule has 0 spiro atoms. The zero-order chi connectivity index (χ0) is 28.1. The van der Waals surface area contributed by atoms with Gasteiger partial charge in [-0.1, -0.05) is 79.4 Å². The van der Waals surface area contributed by atoms with Gasteiger partial charge in [0.25, 0.3) is 0 Å². The van der Waals surface area contributed by atoms with Crippen LogP contribution >= 0.6 is 0 Å². The first-order chi connectivity index (χ1) is 18.7. The molecule has 0 heterocycles. The number of carboxylic acids is 1. The molecule has 0 bridgehead atoms. The number of carbonyl (C=O) groups is 1. The number of carboxylic acid groups (broad SMARTS) is 1. The Bertz CT molecular complexity index is 1480. The van der Waals surface area contributed by atoms with E-state index in [0.29, 0.717) is 17.2 Å². The number of para-hydroxylation sites is 2. The molecule has 39 heavy (non-hydrogen) atoms. The lowest BCUT2D eigenvalue weighted by molar-refractivity contribution is -0.132. The maximum atomic E-state index is 10.3. The summed E-state index contributed by atoms with van der Waals surface area (Å²) in [4.78, 5) is 9.60. The number of fused-ring (bicyclic) bond motifs is 3. The predicted octanol–water partition coefficient (Wildman–Crippen LogP) is 7.38. The van der Waals surface area contributed by atoms with Gasteiger partial charge in [0.15, 0.2) is 6.10 Å². The highest BCUT2D eigenvalue weighted by molar-refractivity contribution is 5.84. The predicted molar refractivity (Wildman–Crippen MR) is 151 cm³/mol. The highest BCUT2D eigenvalue weighted by Gasteiger charge is 2.34. The second-order valence-corrected chi connectivity index (χ2v) is 9.42. The van der Waals surface area contributed by atoms with Gasteiger partial charge < -0.3 is 24.8 Å². The van der Waals surface area contributed by atoms with Crippen LogP contribution in [0, 0.1) is 0 Å². The first-order valence-corrected chi connectivity index (χ1v) is 12.7. The maximum absolute atomic E-state index is 10.3. The molecule has 3 N–H and O–H groups in total. The van der Waals surface area contributed by atoms with Crippen LogP contribution in [0.5, 0.6) is 17.2 Å². The van der Waals surface area contributed by atoms with Crippen LogP contribution in [0.15, 0.2) is 103 Å². The fraction of sp³-hybridized carbons (Fsp3) is 0.182. The summed E-state index contributed by atoms with van der Waals surface area (Å²) in [7, 11) is 0. The summed E-state index contributed by atoms with van der Waals surface area (Å²) in [6.45, 7) is 8.07. The Morgan fingerprint density at radius 1 is 0.744 bits per heavy atom. The normalized spacial score (nSPS) is 14.6. The molecule has 3 atom stereocenters. The lowest BCUT2D eigenvalue weighted by Crippen LogP contribution is -2.10. The average Bonchev–Trinajstić information content (AvgIpc) is 3.24. The van der Waals surface area contributed by atoms with Crippen LogP contribution in [0.1, 0.15) is 61.3 Å². The first-order valence-electron chi connectivity index (χ1n) is 12.7. The standard InChI is InChI=1S/C29H26O4.C4H6O2/c1-18(30)20-10-5-7-15-25(20)32-27-17-9-14-23-22-12-3-4-13-24(22)29(28(23)27)33-26-16-8-6-11-21(26)19(2)31;1-3(2)4(5)6/h3-19,29-31H,1-2H3;1H2,2H3,(H,5,6). The molecule has 0 fully saturated rings. The number of hydrogen-bond donors (Lipinski definition) is 3. The van der Waals surface area contributed by atoms with Gasteiger partial charge in [-0.2, -0.15) is 0 Å². The molecular weight excluding hydrogens is 492 g/mol. The van der Waals surface area contributed by atoms with Crippen LogP contribution in [-0.4, -0.2) is 21.3 Å². The minimum absolute atomic E-state index is 0.176. The lowest BCUT2D eigenvalue weighted by atomic mass is 10.0. The molecular formula is C33H32O6. The van der Waals surface area contributed by atoms with Crippen molar-refractivity contribution in [2.45, 2.75) is 39.1 Å². The average molecular weight is 525 g/mol. The molecule has 6 nitrogen and oxygen atoms in total. The van der Waals surface area contributed by atoms with E-state index in [1.54, 1.807) is 13.8 Å². The molecule has 3 unspecified atom stereocenters. The molecule has 4 aromatic rings. The maximum Gasteiger partial charge on any atom is 0.330 e. The summed E-state index contributed by atoms with van der Waals surface area (Å²) in [5.41, 5.74) is 5.77. The lowest BCUT2D eigenvalue weighted by Gasteiger charge is -2.22. The Kier molecular flexibility index (Phi) is 8.49. The van der Waals surface area contributed by atoms with Crippen molar-refractivity contribution in [1.29, 1.82) is 0 Å². The van der Waals surface area contributed by atoms with Crippen molar-refractivity contribution in [2.75, 3.05) is 0 Å². The molecule has 5 rings (SSSR count). The molecule has 0 saturated heterocycles. The van der Waals surface area contributed by atoms with E-state index in [0.717, 1.165) is 33.4 Å². The quantitative estimate of drug-likeness (QED) is 0.218. The third-order valence-electron chi connectivity index (χ3n) is 6.43. The summed E-state index contributed by atoms with van der Waals surface area (Å²) < 4.78 is 13.0. The van der Waals surface area contributed by atoms with Gasteiger partial charge >= 0.3 is 5.97 Å². The van der Waals surface area contributed by atoms with Gasteiger partial charge in [-0.05, 0) is 50.1 Å². The Morgan fingerprint density at radius 3 is 1.85 bits per heavy atom. The van der Waals surface area contributed by atoms with Crippen LogP contribution in [0.4, 0.5) is 0 Å². The van der Waals surface area contributed by atoms with Gasteiger partial charge in [0.05, 0.1) is 12.2 Å². The number of hydrogen-bond acceptors (Lipinski definition) is 5. The monoisotopic (exact) mass is 524 g/mol. The Morgan fingerprint density at radius 2 is 1.23 bits per heavy atom. The second kappa shape index (κ2) is 12.0. The van der Waals surface area contributed by atoms with Crippen molar-refractivity contribution < 1.29 is 29.6 Å². The van der Waals surface area contributed by atoms with Gasteiger partial charge in [-0.15, -0.1) is 0 Å². The molecule has 6 heteroatoms. The fourth-order valence-corrected chi connectivity index (χ4v) is 4.48. The Balaban J connectivity index is 0.000000531. The molecule has 0 aromatic heterocycles. The summed E-state index contributed by atoms with van der Waals surface area (Å²) >= 11 is 0. The smallest absolute Gasteiger partial charge is 0.330 e. The van der Waals surface area contributed by atoms with Crippen molar-refractivity contribution in [1.82, 2.24) is 0 Å². The highest BCUT2D eigenvalue weighted by Crippen LogP contribution is 2.50. The van der Waals surface area contributed by atoms with Gasteiger partial charge in [0, 0.05) is 27.8 Å². The molecule has 1 aliphatic carbocycles. The van der Waals surface area contributed by atoms with E-state index in [9.17, 15) is 15.0 Å². The minimum Gasteiger partial charge on any atom is -0.480 e. The van der Waals surface area contributed by atoms with E-state index in [-0.39, 0.29) is 5.57 Å². The number of aliphatic hydroxyl groups excluding tert-OH is 2. The van der Waals surface area contributed by atoms with Crippen molar-refractivity contribution in [3.05, 3.63) is 125 Å². The number of benzene rings is 4. The fourth-order valence-electron chi connectivity index (χ4n) is 4.48. The molecule has 200 valence electrons. The zero-order valence-electron chi connectivity index (χ0n) is 22.2. The summed E-state index contributed by atoms with van der Waals surface area (Å²) in [5.74, 6) is 0.991. The zero-order valence-corrected chi connectivity index (χ0v) is 22.2. The van der Waals surface area contributed by atoms with E-state index in [1.807, 2.05) is 72.8 Å². The highest BCUT2D eigenvalue weighted by atomic mass is 16.5. The van der Waals surface area contributed by atoms with E-state index in [4.69, 9.17) is 14.6 Å². The minimum atomic E-state index is -0.935. The molecule has 1 aliphatic rings. The van der Waals surface area contributed by atoms with Gasteiger partial charge in [-0.3, -0.25) is 0 Å². The van der Waals surface area contributed by atoms with Crippen LogP contribution in [0.3, 0.4) is 0 Å². The van der Waals surface area contributed by atoms with Crippen LogP contribution in [0.25, 0.3) is 11.1 Å². The van der Waals surface area contributed by atoms with Crippen LogP contribution in [-0.2, 0) is 4.79 Å². The summed E-state index contributed by atoms with van der Waals surface area (Å²) in [6.07, 6.45) is -1.70. The van der Waals surface area contributed by atoms with E-state index in [1.165, 1.54) is 6.92 Å². The topological polar surface area (TPSA) is 96.2 Å². The number of aliphatic carboxylic acids is 1. The van der Waals surface area contributed by atoms with E-state index in [2.05, 4.69) is 24.8 Å².